The Balaban J connectivity index is 2.06. The summed E-state index contributed by atoms with van der Waals surface area (Å²) in [6.45, 7) is 0.482. The molecule has 1 fully saturated rings. The minimum atomic E-state index is -0.327. The van der Waals surface area contributed by atoms with Gasteiger partial charge < -0.3 is 5.73 Å². The third-order valence-electron chi connectivity index (χ3n) is 2.88. The van der Waals surface area contributed by atoms with Gasteiger partial charge in [0.25, 0.3) is 0 Å². The Morgan fingerprint density at radius 3 is 2.94 bits per heavy atom. The van der Waals surface area contributed by atoms with Crippen LogP contribution < -0.4 is 5.73 Å². The Morgan fingerprint density at radius 2 is 2.29 bits per heavy atom. The maximum Gasteiger partial charge on any atom is 0.151 e. The highest BCUT2D eigenvalue weighted by Gasteiger charge is 2.29. The highest BCUT2D eigenvalue weighted by molar-refractivity contribution is 7.15. The van der Waals surface area contributed by atoms with Gasteiger partial charge in [-0.3, -0.25) is 4.98 Å². The van der Waals surface area contributed by atoms with Crippen LogP contribution in [-0.4, -0.2) is 9.97 Å². The van der Waals surface area contributed by atoms with E-state index in [1.807, 2.05) is 0 Å². The first-order valence-corrected chi connectivity index (χ1v) is 6.40. The van der Waals surface area contributed by atoms with Crippen molar-refractivity contribution in [1.82, 2.24) is 9.97 Å². The van der Waals surface area contributed by atoms with Crippen LogP contribution in [0, 0.1) is 5.82 Å². The molecule has 3 nitrogen and oxygen atoms in total. The van der Waals surface area contributed by atoms with Crippen LogP contribution in [0.1, 0.15) is 29.3 Å². The number of nitrogens with two attached hydrogens (primary N) is 1. The molecular weight excluding hydrogens is 237 g/mol. The summed E-state index contributed by atoms with van der Waals surface area (Å²) in [5, 5.41) is 0.715. The molecule has 0 bridgehead atoms. The summed E-state index contributed by atoms with van der Waals surface area (Å²) in [6, 6.07) is 1.66. The van der Waals surface area contributed by atoms with E-state index in [0.29, 0.717) is 23.0 Å². The van der Waals surface area contributed by atoms with Gasteiger partial charge in [-0.1, -0.05) is 0 Å². The molecule has 1 saturated carbocycles. The molecule has 3 rings (SSSR count). The van der Waals surface area contributed by atoms with Gasteiger partial charge in [0.15, 0.2) is 5.82 Å². The largest absolute Gasteiger partial charge is 0.326 e. The lowest BCUT2D eigenvalue weighted by molar-refractivity contribution is 0.625. The zero-order valence-electron chi connectivity index (χ0n) is 9.19. The van der Waals surface area contributed by atoms with Gasteiger partial charge in [0.05, 0.1) is 11.9 Å². The summed E-state index contributed by atoms with van der Waals surface area (Å²) in [4.78, 5) is 9.37. The van der Waals surface area contributed by atoms with E-state index >= 15 is 0 Å². The summed E-state index contributed by atoms with van der Waals surface area (Å²) in [7, 11) is 0. The van der Waals surface area contributed by atoms with Gasteiger partial charge in [0.2, 0.25) is 0 Å². The SMILES string of the molecule is NCc1sc(-c2ccncc2F)nc1C1CC1. The van der Waals surface area contributed by atoms with E-state index in [1.165, 1.54) is 30.4 Å². The lowest BCUT2D eigenvalue weighted by atomic mass is 10.2. The lowest BCUT2D eigenvalue weighted by Gasteiger charge is -1.96. The van der Waals surface area contributed by atoms with E-state index in [1.54, 1.807) is 12.3 Å². The molecule has 0 aromatic carbocycles. The van der Waals surface area contributed by atoms with Crippen molar-refractivity contribution >= 4 is 11.3 Å². The third-order valence-corrected chi connectivity index (χ3v) is 4.01. The molecule has 2 heterocycles. The topological polar surface area (TPSA) is 51.8 Å². The van der Waals surface area contributed by atoms with Crippen molar-refractivity contribution in [3.8, 4) is 10.6 Å². The molecule has 1 aliphatic rings. The maximum absolute atomic E-state index is 13.6. The predicted octanol–water partition coefficient (Wildman–Crippen LogP) is 2.68. The van der Waals surface area contributed by atoms with Crippen LogP contribution in [0.25, 0.3) is 10.6 Å². The Bertz CT molecular complexity index is 548. The second kappa shape index (κ2) is 4.16. The average molecular weight is 249 g/mol. The van der Waals surface area contributed by atoms with Crippen LogP contribution in [-0.2, 0) is 6.54 Å². The second-order valence-corrected chi connectivity index (χ2v) is 5.24. The molecule has 2 N–H and O–H groups in total. The number of rotatable bonds is 3. The molecule has 0 spiro atoms. The van der Waals surface area contributed by atoms with Crippen LogP contribution in [0.3, 0.4) is 0 Å². The summed E-state index contributed by atoms with van der Waals surface area (Å²) < 4.78 is 13.6. The van der Waals surface area contributed by atoms with E-state index in [4.69, 9.17) is 5.73 Å². The zero-order valence-corrected chi connectivity index (χ0v) is 10.0. The highest BCUT2D eigenvalue weighted by Crippen LogP contribution is 2.44. The maximum atomic E-state index is 13.6. The molecule has 2 aromatic rings. The molecule has 0 atom stereocenters. The van der Waals surface area contributed by atoms with Crippen molar-refractivity contribution in [3.63, 3.8) is 0 Å². The Labute approximate surface area is 103 Å². The van der Waals surface area contributed by atoms with E-state index in [9.17, 15) is 4.39 Å². The van der Waals surface area contributed by atoms with Crippen molar-refractivity contribution in [2.45, 2.75) is 25.3 Å². The van der Waals surface area contributed by atoms with E-state index in [2.05, 4.69) is 9.97 Å². The van der Waals surface area contributed by atoms with Crippen LogP contribution >= 0.6 is 11.3 Å². The molecule has 5 heteroatoms. The Kier molecular flexibility index (Phi) is 2.64. The fourth-order valence-corrected chi connectivity index (χ4v) is 2.90. The van der Waals surface area contributed by atoms with E-state index in [0.717, 1.165) is 10.6 Å². The normalized spacial score (nSPS) is 15.2. The Hall–Kier alpha value is -1.33. The molecule has 0 saturated heterocycles. The number of pyridine rings is 1. The highest BCUT2D eigenvalue weighted by atomic mass is 32.1. The van der Waals surface area contributed by atoms with E-state index in [-0.39, 0.29) is 5.82 Å². The summed E-state index contributed by atoms with van der Waals surface area (Å²) >= 11 is 1.49. The molecule has 88 valence electrons. The fourth-order valence-electron chi connectivity index (χ4n) is 1.85. The number of aromatic nitrogens is 2. The second-order valence-electron chi connectivity index (χ2n) is 4.16. The summed E-state index contributed by atoms with van der Waals surface area (Å²) in [5.41, 5.74) is 7.30. The number of hydrogen-bond donors (Lipinski definition) is 1. The minimum absolute atomic E-state index is 0.327. The first-order chi connectivity index (χ1) is 8.29. The van der Waals surface area contributed by atoms with Crippen molar-refractivity contribution in [2.75, 3.05) is 0 Å². The smallest absolute Gasteiger partial charge is 0.151 e. The zero-order chi connectivity index (χ0) is 11.8. The third kappa shape index (κ3) is 1.96. The van der Waals surface area contributed by atoms with Gasteiger partial charge in [-0.25, -0.2) is 9.37 Å². The Morgan fingerprint density at radius 1 is 1.47 bits per heavy atom. The first-order valence-electron chi connectivity index (χ1n) is 5.59. The number of halogens is 1. The minimum Gasteiger partial charge on any atom is -0.326 e. The van der Waals surface area contributed by atoms with Crippen LogP contribution in [0.5, 0.6) is 0 Å². The first kappa shape index (κ1) is 10.8. The van der Waals surface area contributed by atoms with E-state index < -0.39 is 0 Å². The van der Waals surface area contributed by atoms with Crippen molar-refractivity contribution in [3.05, 3.63) is 34.8 Å². The van der Waals surface area contributed by atoms with Gasteiger partial charge in [-0.15, -0.1) is 11.3 Å². The van der Waals surface area contributed by atoms with Crippen LogP contribution in [0.2, 0.25) is 0 Å². The molecular formula is C12H12FN3S. The van der Waals surface area contributed by atoms with Gasteiger partial charge >= 0.3 is 0 Å². The van der Waals surface area contributed by atoms with Gasteiger partial charge in [0.1, 0.15) is 5.01 Å². The monoisotopic (exact) mass is 249 g/mol. The van der Waals surface area contributed by atoms with Gasteiger partial charge in [-0.05, 0) is 18.9 Å². The number of thiazole rings is 1. The summed E-state index contributed by atoms with van der Waals surface area (Å²) in [6.07, 6.45) is 5.15. The lowest BCUT2D eigenvalue weighted by Crippen LogP contribution is -1.96. The average Bonchev–Trinajstić information content (AvgIpc) is 3.10. The molecule has 0 amide bonds. The van der Waals surface area contributed by atoms with Crippen LogP contribution in [0.4, 0.5) is 4.39 Å². The predicted molar refractivity (Wildman–Crippen MR) is 65.2 cm³/mol. The fraction of sp³-hybridized carbons (Fsp3) is 0.333. The number of hydrogen-bond acceptors (Lipinski definition) is 4. The standard InChI is InChI=1S/C12H12FN3S/c13-9-6-15-4-3-8(9)12-16-11(7-1-2-7)10(5-14)17-12/h3-4,6-7H,1-2,5,14H2. The molecule has 2 aromatic heterocycles. The van der Waals surface area contributed by atoms with Gasteiger partial charge in [-0.2, -0.15) is 0 Å². The molecule has 0 radical (unpaired) electrons. The van der Waals surface area contributed by atoms with Gasteiger partial charge in [0, 0.05) is 29.1 Å². The quantitative estimate of drug-likeness (QED) is 0.909. The molecule has 1 aliphatic carbocycles. The van der Waals surface area contributed by atoms with Crippen molar-refractivity contribution in [2.24, 2.45) is 5.73 Å². The van der Waals surface area contributed by atoms with Crippen molar-refractivity contribution < 1.29 is 4.39 Å². The number of nitrogens with zero attached hydrogens (tertiary/aromatic N) is 2. The summed E-state index contributed by atoms with van der Waals surface area (Å²) in [5.74, 6) is 0.218. The van der Waals surface area contributed by atoms with Crippen molar-refractivity contribution in [1.29, 1.82) is 0 Å². The molecule has 17 heavy (non-hydrogen) atoms. The molecule has 0 unspecified atom stereocenters. The molecule has 0 aliphatic heterocycles. The van der Waals surface area contributed by atoms with Crippen LogP contribution in [0.15, 0.2) is 18.5 Å².